The minimum atomic E-state index is -0.113. The summed E-state index contributed by atoms with van der Waals surface area (Å²) < 4.78 is 0. The van der Waals surface area contributed by atoms with Crippen molar-refractivity contribution >= 4 is 28.7 Å². The van der Waals surface area contributed by atoms with Gasteiger partial charge in [0.05, 0.1) is 10.9 Å². The number of nitrogens with zero attached hydrogens (tertiary/aromatic N) is 1. The first-order valence-electron chi connectivity index (χ1n) is 5.28. The van der Waals surface area contributed by atoms with Gasteiger partial charge < -0.3 is 0 Å². The second-order valence-electron chi connectivity index (χ2n) is 3.85. The third kappa shape index (κ3) is 3.14. The molecule has 2 aromatic rings. The molecule has 0 aliphatic carbocycles. The van der Waals surface area contributed by atoms with Crippen molar-refractivity contribution < 1.29 is 4.79 Å². The van der Waals surface area contributed by atoms with Crippen LogP contribution in [0.4, 0.5) is 0 Å². The van der Waals surface area contributed by atoms with Crippen LogP contribution in [0.5, 0.6) is 0 Å². The summed E-state index contributed by atoms with van der Waals surface area (Å²) in [5.74, 6) is -0.119. The van der Waals surface area contributed by atoms with E-state index in [4.69, 9.17) is 11.6 Å². The van der Waals surface area contributed by atoms with Crippen LogP contribution >= 0.6 is 22.9 Å². The molecule has 2 rings (SSSR count). The summed E-state index contributed by atoms with van der Waals surface area (Å²) in [5.41, 5.74) is 2.92. The van der Waals surface area contributed by atoms with Gasteiger partial charge in [-0.05, 0) is 12.5 Å². The minimum Gasteiger partial charge on any atom is -0.291 e. The average molecular weight is 266 g/mol. The summed E-state index contributed by atoms with van der Waals surface area (Å²) in [6, 6.07) is 8.29. The molecule has 0 spiro atoms. The summed E-state index contributed by atoms with van der Waals surface area (Å²) in [6.07, 6.45) is 0.766. The lowest BCUT2D eigenvalue weighted by molar-refractivity contribution is 0.101. The zero-order chi connectivity index (χ0) is 12.3. The molecule has 1 aromatic heterocycles. The Kier molecular flexibility index (Phi) is 3.92. The first-order valence-corrected chi connectivity index (χ1v) is 6.69. The van der Waals surface area contributed by atoms with Crippen molar-refractivity contribution in [2.75, 3.05) is 5.88 Å². The van der Waals surface area contributed by atoms with Gasteiger partial charge in [-0.2, -0.15) is 0 Å². The molecule has 2 nitrogen and oxygen atoms in total. The van der Waals surface area contributed by atoms with E-state index in [1.807, 2.05) is 6.07 Å². The lowest BCUT2D eigenvalue weighted by Crippen LogP contribution is -2.00. The molecule has 0 saturated heterocycles. The maximum atomic E-state index is 11.3. The van der Waals surface area contributed by atoms with E-state index in [0.717, 1.165) is 11.4 Å². The fourth-order valence-corrected chi connectivity index (χ4v) is 2.56. The fraction of sp³-hybridized carbons (Fsp3) is 0.231. The molecule has 0 amide bonds. The maximum Gasteiger partial charge on any atom is 0.196 e. The second-order valence-corrected chi connectivity index (χ2v) is 5.06. The largest absolute Gasteiger partial charge is 0.291 e. The van der Waals surface area contributed by atoms with Gasteiger partial charge in [0, 0.05) is 11.8 Å². The highest BCUT2D eigenvalue weighted by Gasteiger charge is 2.09. The van der Waals surface area contributed by atoms with Gasteiger partial charge in [-0.15, -0.1) is 22.9 Å². The predicted molar refractivity (Wildman–Crippen MR) is 71.1 cm³/mol. The van der Waals surface area contributed by atoms with E-state index >= 15 is 0 Å². The second kappa shape index (κ2) is 5.43. The van der Waals surface area contributed by atoms with E-state index < -0.39 is 0 Å². The Morgan fingerprint density at radius 1 is 1.47 bits per heavy atom. The number of alkyl halides is 1. The minimum absolute atomic E-state index is 0.00633. The van der Waals surface area contributed by atoms with Crippen LogP contribution in [0, 0.1) is 6.92 Å². The van der Waals surface area contributed by atoms with Gasteiger partial charge in [-0.3, -0.25) is 4.79 Å². The van der Waals surface area contributed by atoms with Crippen molar-refractivity contribution in [3.8, 4) is 0 Å². The van der Waals surface area contributed by atoms with E-state index in [1.165, 1.54) is 22.5 Å². The highest BCUT2D eigenvalue weighted by Crippen LogP contribution is 2.16. The SMILES string of the molecule is Cc1cccc(Cc2nc(C(=O)CCl)cs2)c1. The van der Waals surface area contributed by atoms with Crippen LogP contribution in [0.25, 0.3) is 0 Å². The number of hydrogen-bond donors (Lipinski definition) is 0. The van der Waals surface area contributed by atoms with Crippen molar-refractivity contribution in [2.24, 2.45) is 0 Å². The van der Waals surface area contributed by atoms with Gasteiger partial charge in [0.2, 0.25) is 0 Å². The standard InChI is InChI=1S/C13H12ClNOS/c1-9-3-2-4-10(5-9)6-13-15-11(8-17-13)12(16)7-14/h2-5,8H,6-7H2,1H3. The quantitative estimate of drug-likeness (QED) is 0.626. The smallest absolute Gasteiger partial charge is 0.196 e. The van der Waals surface area contributed by atoms with Crippen molar-refractivity contribution in [3.63, 3.8) is 0 Å². The molecule has 0 radical (unpaired) electrons. The number of carbonyl (C=O) groups excluding carboxylic acids is 1. The topological polar surface area (TPSA) is 30.0 Å². The Balaban J connectivity index is 2.14. The Labute approximate surface area is 109 Å². The molecule has 88 valence electrons. The monoisotopic (exact) mass is 265 g/mol. The van der Waals surface area contributed by atoms with Crippen molar-refractivity contribution in [2.45, 2.75) is 13.3 Å². The molecule has 0 aliphatic heterocycles. The number of aromatic nitrogens is 1. The van der Waals surface area contributed by atoms with Gasteiger partial charge in [0.1, 0.15) is 5.69 Å². The highest BCUT2D eigenvalue weighted by molar-refractivity contribution is 7.09. The highest BCUT2D eigenvalue weighted by atomic mass is 35.5. The molecular weight excluding hydrogens is 254 g/mol. The number of hydrogen-bond acceptors (Lipinski definition) is 3. The Bertz CT molecular complexity index is 536. The molecule has 0 fully saturated rings. The van der Waals surface area contributed by atoms with Crippen molar-refractivity contribution in [1.29, 1.82) is 0 Å². The normalized spacial score (nSPS) is 10.5. The van der Waals surface area contributed by atoms with Gasteiger partial charge in [-0.1, -0.05) is 29.8 Å². The Morgan fingerprint density at radius 2 is 2.29 bits per heavy atom. The third-order valence-corrected chi connectivity index (χ3v) is 3.49. The van der Waals surface area contributed by atoms with Crippen LogP contribution in [-0.4, -0.2) is 16.6 Å². The summed E-state index contributed by atoms with van der Waals surface area (Å²) in [7, 11) is 0. The number of halogens is 1. The number of benzene rings is 1. The van der Waals surface area contributed by atoms with Crippen molar-refractivity contribution in [1.82, 2.24) is 4.98 Å². The van der Waals surface area contributed by atoms with Crippen LogP contribution < -0.4 is 0 Å². The first kappa shape index (κ1) is 12.3. The Morgan fingerprint density at radius 3 is 3.00 bits per heavy atom. The number of ketones is 1. The summed E-state index contributed by atoms with van der Waals surface area (Å²) in [6.45, 7) is 2.06. The van der Waals surface area contributed by atoms with Crippen LogP contribution in [0.1, 0.15) is 26.6 Å². The van der Waals surface area contributed by atoms with Gasteiger partial charge >= 0.3 is 0 Å². The maximum absolute atomic E-state index is 11.3. The van der Waals surface area contributed by atoms with E-state index in [9.17, 15) is 4.79 Å². The lowest BCUT2D eigenvalue weighted by atomic mass is 10.1. The van der Waals surface area contributed by atoms with Gasteiger partial charge in [0.25, 0.3) is 0 Å². The van der Waals surface area contributed by atoms with E-state index in [0.29, 0.717) is 5.69 Å². The summed E-state index contributed by atoms with van der Waals surface area (Å²) in [5, 5.41) is 2.72. The zero-order valence-corrected chi connectivity index (χ0v) is 11.0. The molecule has 0 atom stereocenters. The number of aryl methyl sites for hydroxylation is 1. The number of carbonyl (C=O) groups is 1. The molecule has 0 N–H and O–H groups in total. The summed E-state index contributed by atoms with van der Waals surface area (Å²) >= 11 is 7.00. The molecular formula is C13H12ClNOS. The van der Waals surface area contributed by atoms with E-state index in [1.54, 1.807) is 5.38 Å². The van der Waals surface area contributed by atoms with E-state index in [2.05, 4.69) is 30.1 Å². The number of rotatable bonds is 4. The zero-order valence-electron chi connectivity index (χ0n) is 9.44. The average Bonchev–Trinajstić information content (AvgIpc) is 2.76. The van der Waals surface area contributed by atoms with E-state index in [-0.39, 0.29) is 11.7 Å². The molecule has 0 bridgehead atoms. The van der Waals surface area contributed by atoms with Crippen LogP contribution in [0.15, 0.2) is 29.6 Å². The van der Waals surface area contributed by atoms with Crippen LogP contribution in [-0.2, 0) is 6.42 Å². The molecule has 0 unspecified atom stereocenters. The third-order valence-electron chi connectivity index (χ3n) is 2.40. The molecule has 4 heteroatoms. The van der Waals surface area contributed by atoms with Crippen LogP contribution in [0.2, 0.25) is 0 Å². The van der Waals surface area contributed by atoms with Gasteiger partial charge in [0.15, 0.2) is 5.78 Å². The van der Waals surface area contributed by atoms with Gasteiger partial charge in [-0.25, -0.2) is 4.98 Å². The predicted octanol–water partition coefficient (Wildman–Crippen LogP) is 3.46. The Hall–Kier alpha value is -1.19. The number of thiazole rings is 1. The molecule has 0 saturated carbocycles. The lowest BCUT2D eigenvalue weighted by Gasteiger charge is -1.99. The molecule has 17 heavy (non-hydrogen) atoms. The fourth-order valence-electron chi connectivity index (χ4n) is 1.59. The van der Waals surface area contributed by atoms with Crippen molar-refractivity contribution in [3.05, 3.63) is 51.5 Å². The molecule has 1 heterocycles. The number of Topliss-reactive ketones (excluding diaryl/α,β-unsaturated/α-hetero) is 1. The molecule has 1 aromatic carbocycles. The summed E-state index contributed by atoms with van der Waals surface area (Å²) in [4.78, 5) is 15.6. The van der Waals surface area contributed by atoms with Crippen LogP contribution in [0.3, 0.4) is 0 Å². The first-order chi connectivity index (χ1) is 8.19. The molecule has 0 aliphatic rings.